The predicted octanol–water partition coefficient (Wildman–Crippen LogP) is 5.38. The number of rotatable bonds is 4. The molecule has 0 radical (unpaired) electrons. The topological polar surface area (TPSA) is 46.2 Å². The van der Waals surface area contributed by atoms with Crippen molar-refractivity contribution in [3.05, 3.63) is 51.2 Å². The maximum atomic E-state index is 13.0. The van der Waals surface area contributed by atoms with E-state index in [1.807, 2.05) is 37.4 Å². The number of Topliss-reactive ketones (excluding diaryl/α,β-unsaturated/α-hetero) is 1. The van der Waals surface area contributed by atoms with Crippen molar-refractivity contribution >= 4 is 28.7 Å². The van der Waals surface area contributed by atoms with Gasteiger partial charge in [-0.3, -0.25) is 9.59 Å². The van der Waals surface area contributed by atoms with Crippen molar-refractivity contribution in [2.75, 3.05) is 5.32 Å². The average molecular weight is 341 g/mol. The molecule has 0 bridgehead atoms. The quantitative estimate of drug-likeness (QED) is 0.759. The normalized spacial score (nSPS) is 15.2. The molecule has 3 rings (SSSR count). The third-order valence-electron chi connectivity index (χ3n) is 4.70. The summed E-state index contributed by atoms with van der Waals surface area (Å²) in [6.45, 7) is 3.95. The van der Waals surface area contributed by atoms with E-state index in [2.05, 4.69) is 5.32 Å². The zero-order valence-electron chi connectivity index (χ0n) is 14.2. The van der Waals surface area contributed by atoms with E-state index < -0.39 is 0 Å². The van der Waals surface area contributed by atoms with Gasteiger partial charge in [0.2, 0.25) is 0 Å². The first kappa shape index (κ1) is 16.9. The van der Waals surface area contributed by atoms with Gasteiger partial charge in [0.25, 0.3) is 5.91 Å². The number of benzene rings is 1. The van der Waals surface area contributed by atoms with Crippen molar-refractivity contribution in [2.45, 2.75) is 46.0 Å². The van der Waals surface area contributed by atoms with Crippen LogP contribution in [0.3, 0.4) is 0 Å². The van der Waals surface area contributed by atoms with Gasteiger partial charge in [-0.1, -0.05) is 31.4 Å². The minimum Gasteiger partial charge on any atom is -0.320 e. The molecule has 3 nitrogen and oxygen atoms in total. The standard InChI is InChI=1S/C20H23NO2S/c1-13-11-14(2)18(21-20(23)17-9-6-10-24-17)16(12-13)19(22)15-7-4-3-5-8-15/h6,9-12,15H,3-5,7-8H2,1-2H3,(H,21,23). The highest BCUT2D eigenvalue weighted by Crippen LogP contribution is 2.32. The van der Waals surface area contributed by atoms with E-state index in [4.69, 9.17) is 0 Å². The number of anilines is 1. The van der Waals surface area contributed by atoms with Gasteiger partial charge in [0.05, 0.1) is 10.6 Å². The molecule has 1 aromatic carbocycles. The van der Waals surface area contributed by atoms with Crippen LogP contribution >= 0.6 is 11.3 Å². The molecule has 0 unspecified atom stereocenters. The summed E-state index contributed by atoms with van der Waals surface area (Å²) in [5, 5.41) is 4.86. The van der Waals surface area contributed by atoms with Crippen LogP contribution in [0.1, 0.15) is 63.3 Å². The van der Waals surface area contributed by atoms with Crippen LogP contribution in [0, 0.1) is 19.8 Å². The number of amides is 1. The first-order chi connectivity index (χ1) is 11.6. The predicted molar refractivity (Wildman–Crippen MR) is 99.1 cm³/mol. The van der Waals surface area contributed by atoms with Gasteiger partial charge in [0.15, 0.2) is 5.78 Å². The molecule has 1 N–H and O–H groups in total. The van der Waals surface area contributed by atoms with Gasteiger partial charge in [0, 0.05) is 11.5 Å². The zero-order valence-corrected chi connectivity index (χ0v) is 15.0. The SMILES string of the molecule is Cc1cc(C)c(NC(=O)c2cccs2)c(C(=O)C2CCCCC2)c1. The molecule has 2 aromatic rings. The number of carbonyl (C=O) groups excluding carboxylic acids is 2. The monoisotopic (exact) mass is 341 g/mol. The summed E-state index contributed by atoms with van der Waals surface area (Å²) in [7, 11) is 0. The lowest BCUT2D eigenvalue weighted by atomic mass is 9.82. The van der Waals surface area contributed by atoms with E-state index >= 15 is 0 Å². The maximum Gasteiger partial charge on any atom is 0.265 e. The molecule has 1 aliphatic rings. The fourth-order valence-corrected chi connectivity index (χ4v) is 4.11. The first-order valence-corrected chi connectivity index (χ1v) is 9.44. The van der Waals surface area contributed by atoms with E-state index in [0.717, 1.165) is 36.8 Å². The Morgan fingerprint density at radius 2 is 1.88 bits per heavy atom. The molecule has 0 spiro atoms. The molecule has 1 amide bonds. The van der Waals surface area contributed by atoms with Crippen LogP contribution in [0.4, 0.5) is 5.69 Å². The van der Waals surface area contributed by atoms with Crippen LogP contribution in [0.5, 0.6) is 0 Å². The van der Waals surface area contributed by atoms with Gasteiger partial charge in [-0.15, -0.1) is 11.3 Å². The van der Waals surface area contributed by atoms with Crippen molar-refractivity contribution in [1.82, 2.24) is 0 Å². The lowest BCUT2D eigenvalue weighted by Gasteiger charge is -2.22. The second kappa shape index (κ2) is 7.31. The fourth-order valence-electron chi connectivity index (χ4n) is 3.50. The number of carbonyl (C=O) groups is 2. The number of hydrogen-bond acceptors (Lipinski definition) is 3. The molecule has 1 aromatic heterocycles. The summed E-state index contributed by atoms with van der Waals surface area (Å²) in [5.74, 6) is 0.134. The lowest BCUT2D eigenvalue weighted by molar-refractivity contribution is 0.0890. The van der Waals surface area contributed by atoms with Gasteiger partial charge in [0.1, 0.15) is 0 Å². The largest absolute Gasteiger partial charge is 0.320 e. The highest BCUT2D eigenvalue weighted by atomic mass is 32.1. The second-order valence-electron chi connectivity index (χ2n) is 6.63. The second-order valence-corrected chi connectivity index (χ2v) is 7.58. The number of hydrogen-bond donors (Lipinski definition) is 1. The van der Waals surface area contributed by atoms with Gasteiger partial charge in [-0.05, 0) is 55.3 Å². The van der Waals surface area contributed by atoms with E-state index in [1.54, 1.807) is 6.07 Å². The van der Waals surface area contributed by atoms with E-state index in [9.17, 15) is 9.59 Å². The van der Waals surface area contributed by atoms with E-state index in [1.165, 1.54) is 17.8 Å². The first-order valence-electron chi connectivity index (χ1n) is 8.56. The number of nitrogens with one attached hydrogen (secondary N) is 1. The van der Waals surface area contributed by atoms with Crippen molar-refractivity contribution in [3.63, 3.8) is 0 Å². The van der Waals surface area contributed by atoms with Gasteiger partial charge in [-0.25, -0.2) is 0 Å². The Morgan fingerprint density at radius 3 is 2.54 bits per heavy atom. The van der Waals surface area contributed by atoms with Crippen LogP contribution in [0.2, 0.25) is 0 Å². The lowest BCUT2D eigenvalue weighted by Crippen LogP contribution is -2.21. The maximum absolute atomic E-state index is 13.0. The Morgan fingerprint density at radius 1 is 1.12 bits per heavy atom. The summed E-state index contributed by atoms with van der Waals surface area (Å²) in [6.07, 6.45) is 5.39. The minimum absolute atomic E-state index is 0.0948. The molecule has 1 fully saturated rings. The van der Waals surface area contributed by atoms with Gasteiger partial charge >= 0.3 is 0 Å². The summed E-state index contributed by atoms with van der Waals surface area (Å²) >= 11 is 1.40. The molecular weight excluding hydrogens is 318 g/mol. The molecule has 1 heterocycles. The molecule has 1 saturated carbocycles. The van der Waals surface area contributed by atoms with E-state index in [0.29, 0.717) is 16.1 Å². The molecular formula is C20H23NO2S. The molecule has 1 aliphatic carbocycles. The molecule has 126 valence electrons. The number of aryl methyl sites for hydroxylation is 2. The minimum atomic E-state index is -0.144. The van der Waals surface area contributed by atoms with Crippen LogP contribution in [-0.2, 0) is 0 Å². The highest BCUT2D eigenvalue weighted by molar-refractivity contribution is 7.12. The summed E-state index contributed by atoms with van der Waals surface area (Å²) in [4.78, 5) is 26.2. The highest BCUT2D eigenvalue weighted by Gasteiger charge is 2.26. The smallest absolute Gasteiger partial charge is 0.265 e. The van der Waals surface area contributed by atoms with Crippen molar-refractivity contribution < 1.29 is 9.59 Å². The van der Waals surface area contributed by atoms with Crippen LogP contribution in [0.15, 0.2) is 29.6 Å². The Kier molecular flexibility index (Phi) is 5.14. The van der Waals surface area contributed by atoms with Crippen LogP contribution in [-0.4, -0.2) is 11.7 Å². The van der Waals surface area contributed by atoms with Crippen molar-refractivity contribution in [1.29, 1.82) is 0 Å². The fraction of sp³-hybridized carbons (Fsp3) is 0.400. The molecule has 0 aliphatic heterocycles. The molecule has 4 heteroatoms. The molecule has 0 saturated heterocycles. The van der Waals surface area contributed by atoms with Crippen LogP contribution in [0.25, 0.3) is 0 Å². The molecule has 0 atom stereocenters. The summed E-state index contributed by atoms with van der Waals surface area (Å²) < 4.78 is 0. The molecule has 24 heavy (non-hydrogen) atoms. The van der Waals surface area contributed by atoms with Crippen molar-refractivity contribution in [2.24, 2.45) is 5.92 Å². The Labute approximate surface area is 147 Å². The average Bonchev–Trinajstić information content (AvgIpc) is 3.12. The third kappa shape index (κ3) is 3.59. The number of thiophene rings is 1. The summed E-state index contributed by atoms with van der Waals surface area (Å²) in [6, 6.07) is 7.59. The number of ketones is 1. The Balaban J connectivity index is 1.92. The third-order valence-corrected chi connectivity index (χ3v) is 5.57. The Bertz CT molecular complexity index is 743. The zero-order chi connectivity index (χ0) is 17.1. The van der Waals surface area contributed by atoms with Gasteiger partial charge < -0.3 is 5.32 Å². The van der Waals surface area contributed by atoms with Crippen LogP contribution < -0.4 is 5.32 Å². The van der Waals surface area contributed by atoms with Crippen molar-refractivity contribution in [3.8, 4) is 0 Å². The van der Waals surface area contributed by atoms with E-state index in [-0.39, 0.29) is 17.6 Å². The van der Waals surface area contributed by atoms with Gasteiger partial charge in [-0.2, -0.15) is 0 Å². The summed E-state index contributed by atoms with van der Waals surface area (Å²) in [5.41, 5.74) is 3.35. The Hall–Kier alpha value is -1.94.